The van der Waals surface area contributed by atoms with Crippen molar-refractivity contribution in [2.24, 2.45) is 0 Å². The molecule has 0 aliphatic heterocycles. The minimum absolute atomic E-state index is 0.0408. The maximum absolute atomic E-state index is 11.9. The first-order valence-corrected chi connectivity index (χ1v) is 8.32. The van der Waals surface area contributed by atoms with Gasteiger partial charge in [-0.1, -0.05) is 25.0 Å². The van der Waals surface area contributed by atoms with Gasteiger partial charge >= 0.3 is 0 Å². The van der Waals surface area contributed by atoms with E-state index in [0.717, 1.165) is 24.1 Å². The zero-order valence-electron chi connectivity index (χ0n) is 12.2. The highest BCUT2D eigenvalue weighted by Crippen LogP contribution is 2.26. The molecular weight excluding hydrogens is 298 g/mol. The number of nitrogens with two attached hydrogens (primary N) is 1. The van der Waals surface area contributed by atoms with Crippen LogP contribution in [0.4, 0.5) is 5.13 Å². The number of carbonyl (C=O) groups excluding carboxylic acids is 1. The van der Waals surface area contributed by atoms with E-state index < -0.39 is 0 Å². The molecular formula is C16H19N3O2S. The summed E-state index contributed by atoms with van der Waals surface area (Å²) in [6.07, 6.45) is 4.55. The molecule has 3 N–H and O–H groups in total. The lowest BCUT2D eigenvalue weighted by atomic mass is 10.2. The van der Waals surface area contributed by atoms with Gasteiger partial charge in [-0.05, 0) is 25.0 Å². The molecule has 1 saturated carbocycles. The molecule has 0 unspecified atom stereocenters. The number of benzene rings is 1. The lowest BCUT2D eigenvalue weighted by Gasteiger charge is -2.12. The zero-order valence-corrected chi connectivity index (χ0v) is 13.1. The summed E-state index contributed by atoms with van der Waals surface area (Å²) in [5.74, 6) is 0.598. The van der Waals surface area contributed by atoms with Gasteiger partial charge in [-0.15, -0.1) is 11.3 Å². The van der Waals surface area contributed by atoms with E-state index in [9.17, 15) is 4.79 Å². The third-order valence-corrected chi connectivity index (χ3v) is 4.42. The van der Waals surface area contributed by atoms with Gasteiger partial charge in [0.05, 0.1) is 5.69 Å². The molecule has 2 aromatic rings. The van der Waals surface area contributed by atoms with E-state index >= 15 is 0 Å². The molecule has 0 radical (unpaired) electrons. The summed E-state index contributed by atoms with van der Waals surface area (Å²) in [4.78, 5) is 16.1. The van der Waals surface area contributed by atoms with E-state index in [1.165, 1.54) is 24.2 Å². The molecule has 22 heavy (non-hydrogen) atoms. The molecule has 116 valence electrons. The van der Waals surface area contributed by atoms with Crippen molar-refractivity contribution in [1.29, 1.82) is 0 Å². The third-order valence-electron chi connectivity index (χ3n) is 3.74. The van der Waals surface area contributed by atoms with Gasteiger partial charge < -0.3 is 15.8 Å². The van der Waals surface area contributed by atoms with Crippen molar-refractivity contribution in [3.63, 3.8) is 0 Å². The molecule has 1 fully saturated rings. The molecule has 1 heterocycles. The maximum Gasteiger partial charge on any atom is 0.258 e. The zero-order chi connectivity index (χ0) is 15.4. The lowest BCUT2D eigenvalue weighted by molar-refractivity contribution is -0.123. The second kappa shape index (κ2) is 6.79. The number of nitrogens with one attached hydrogen (secondary N) is 1. The highest BCUT2D eigenvalue weighted by Gasteiger charge is 2.17. The molecule has 1 aromatic heterocycles. The summed E-state index contributed by atoms with van der Waals surface area (Å²) < 4.78 is 5.58. The summed E-state index contributed by atoms with van der Waals surface area (Å²) >= 11 is 1.40. The second-order valence-electron chi connectivity index (χ2n) is 5.44. The number of thiazole rings is 1. The predicted molar refractivity (Wildman–Crippen MR) is 87.9 cm³/mol. The van der Waals surface area contributed by atoms with Crippen LogP contribution < -0.4 is 15.8 Å². The maximum atomic E-state index is 11.9. The summed E-state index contributed by atoms with van der Waals surface area (Å²) in [7, 11) is 0. The van der Waals surface area contributed by atoms with Crippen molar-refractivity contribution in [3.8, 4) is 17.0 Å². The predicted octanol–water partition coefficient (Wildman–Crippen LogP) is 2.83. The minimum atomic E-state index is -0.0600. The Hall–Kier alpha value is -2.08. The molecule has 1 aromatic carbocycles. The van der Waals surface area contributed by atoms with E-state index in [-0.39, 0.29) is 12.5 Å². The highest BCUT2D eigenvalue weighted by atomic mass is 32.1. The SMILES string of the molecule is Nc1nc(-c2cccc(OCC(=O)NC3CCCC3)c2)cs1. The first kappa shape index (κ1) is 14.8. The Kier molecular flexibility index (Phi) is 4.58. The van der Waals surface area contributed by atoms with E-state index in [4.69, 9.17) is 10.5 Å². The van der Waals surface area contributed by atoms with Crippen LogP contribution in [0.2, 0.25) is 0 Å². The van der Waals surface area contributed by atoms with Crippen LogP contribution in [0.25, 0.3) is 11.3 Å². The number of hydrogen-bond donors (Lipinski definition) is 2. The molecule has 1 aliphatic rings. The van der Waals surface area contributed by atoms with Gasteiger partial charge in [0.2, 0.25) is 0 Å². The van der Waals surface area contributed by atoms with E-state index in [1.807, 2.05) is 29.6 Å². The normalized spacial score (nSPS) is 14.9. The Balaban J connectivity index is 1.57. The summed E-state index contributed by atoms with van der Waals surface area (Å²) in [5, 5.41) is 5.45. The first-order valence-electron chi connectivity index (χ1n) is 7.44. The van der Waals surface area contributed by atoms with Crippen molar-refractivity contribution in [2.75, 3.05) is 12.3 Å². The molecule has 1 amide bonds. The fourth-order valence-electron chi connectivity index (χ4n) is 2.65. The van der Waals surface area contributed by atoms with Crippen LogP contribution in [0.5, 0.6) is 5.75 Å². The van der Waals surface area contributed by atoms with Gasteiger partial charge in [0, 0.05) is 17.0 Å². The topological polar surface area (TPSA) is 77.2 Å². The quantitative estimate of drug-likeness (QED) is 0.889. The minimum Gasteiger partial charge on any atom is -0.484 e. The summed E-state index contributed by atoms with van der Waals surface area (Å²) in [6, 6.07) is 7.86. The van der Waals surface area contributed by atoms with Crippen LogP contribution in [0.1, 0.15) is 25.7 Å². The molecule has 5 nitrogen and oxygen atoms in total. The molecule has 0 atom stereocenters. The Labute approximate surface area is 133 Å². The number of anilines is 1. The molecule has 0 bridgehead atoms. The van der Waals surface area contributed by atoms with Crippen molar-refractivity contribution in [1.82, 2.24) is 10.3 Å². The van der Waals surface area contributed by atoms with Gasteiger partial charge in [-0.25, -0.2) is 4.98 Å². The molecule has 3 rings (SSSR count). The van der Waals surface area contributed by atoms with Crippen molar-refractivity contribution in [3.05, 3.63) is 29.6 Å². The van der Waals surface area contributed by atoms with Gasteiger partial charge in [-0.2, -0.15) is 0 Å². The van der Waals surface area contributed by atoms with E-state index in [1.54, 1.807) is 0 Å². The summed E-state index contributed by atoms with van der Waals surface area (Å²) in [6.45, 7) is 0.0408. The number of carbonyl (C=O) groups is 1. The number of nitrogens with zero attached hydrogens (tertiary/aromatic N) is 1. The van der Waals surface area contributed by atoms with Crippen LogP contribution in [0, 0.1) is 0 Å². The number of hydrogen-bond acceptors (Lipinski definition) is 5. The monoisotopic (exact) mass is 317 g/mol. The van der Waals surface area contributed by atoms with Gasteiger partial charge in [0.15, 0.2) is 11.7 Å². The lowest BCUT2D eigenvalue weighted by Crippen LogP contribution is -2.36. The Morgan fingerprint density at radius 2 is 2.23 bits per heavy atom. The Morgan fingerprint density at radius 1 is 1.41 bits per heavy atom. The van der Waals surface area contributed by atoms with E-state index in [2.05, 4.69) is 10.3 Å². The average Bonchev–Trinajstić information content (AvgIpc) is 3.17. The summed E-state index contributed by atoms with van der Waals surface area (Å²) in [5.41, 5.74) is 7.41. The van der Waals surface area contributed by atoms with Gasteiger partial charge in [0.25, 0.3) is 5.91 Å². The number of aromatic nitrogens is 1. The largest absolute Gasteiger partial charge is 0.484 e. The Bertz CT molecular complexity index is 650. The number of amides is 1. The van der Waals surface area contributed by atoms with Crippen LogP contribution in [0.15, 0.2) is 29.6 Å². The van der Waals surface area contributed by atoms with Crippen molar-refractivity contribution < 1.29 is 9.53 Å². The van der Waals surface area contributed by atoms with Crippen LogP contribution >= 0.6 is 11.3 Å². The molecule has 6 heteroatoms. The second-order valence-corrected chi connectivity index (χ2v) is 6.33. The molecule has 0 saturated heterocycles. The van der Waals surface area contributed by atoms with Gasteiger partial charge in [0.1, 0.15) is 5.75 Å². The van der Waals surface area contributed by atoms with Crippen molar-refractivity contribution >= 4 is 22.4 Å². The smallest absolute Gasteiger partial charge is 0.258 e. The van der Waals surface area contributed by atoms with Crippen molar-refractivity contribution in [2.45, 2.75) is 31.7 Å². The van der Waals surface area contributed by atoms with E-state index in [0.29, 0.717) is 16.9 Å². The Morgan fingerprint density at radius 3 is 2.95 bits per heavy atom. The standard InChI is InChI=1S/C16H19N3O2S/c17-16-19-14(10-22-16)11-4-3-7-13(8-11)21-9-15(20)18-12-5-1-2-6-12/h3-4,7-8,10,12H,1-2,5-6,9H2,(H2,17,19)(H,18,20). The van der Waals surface area contributed by atoms with Crippen LogP contribution in [-0.2, 0) is 4.79 Å². The number of rotatable bonds is 5. The third kappa shape index (κ3) is 3.76. The van der Waals surface area contributed by atoms with Gasteiger partial charge in [-0.3, -0.25) is 4.79 Å². The first-order chi connectivity index (χ1) is 10.7. The molecule has 0 spiro atoms. The number of nitrogen functional groups attached to an aromatic ring is 1. The van der Waals surface area contributed by atoms with Crippen LogP contribution in [0.3, 0.4) is 0 Å². The van der Waals surface area contributed by atoms with Crippen LogP contribution in [-0.4, -0.2) is 23.5 Å². The fourth-order valence-corrected chi connectivity index (χ4v) is 3.23. The molecule has 1 aliphatic carbocycles. The average molecular weight is 317 g/mol. The highest BCUT2D eigenvalue weighted by molar-refractivity contribution is 7.13. The fraction of sp³-hybridized carbons (Fsp3) is 0.375. The number of ether oxygens (including phenoxy) is 1.